The van der Waals surface area contributed by atoms with Crippen LogP contribution in [0.15, 0.2) is 60.9 Å². The van der Waals surface area contributed by atoms with Gasteiger partial charge in [-0.1, -0.05) is 18.2 Å². The lowest BCUT2D eigenvalue weighted by Crippen LogP contribution is -2.13. The van der Waals surface area contributed by atoms with Crippen molar-refractivity contribution in [2.45, 2.75) is 0 Å². The number of benzene rings is 2. The number of nitrogens with one attached hydrogen (secondary N) is 1. The van der Waals surface area contributed by atoms with Crippen LogP contribution < -0.4 is 11.1 Å². The maximum absolute atomic E-state index is 14.7. The van der Waals surface area contributed by atoms with Crippen LogP contribution in [0.5, 0.6) is 0 Å². The average molecular weight is 373 g/mol. The molecule has 0 aliphatic rings. The lowest BCUT2D eigenvalue weighted by atomic mass is 10.00. The molecule has 0 fully saturated rings. The number of nitrogens with zero attached hydrogens (tertiary/aromatic N) is 3. The van der Waals surface area contributed by atoms with Crippen LogP contribution in [0.25, 0.3) is 33.4 Å². The first-order valence-electron chi connectivity index (χ1n) is 8.57. The molecule has 0 saturated carbocycles. The second kappa shape index (κ2) is 7.03. The first kappa shape index (κ1) is 17.5. The number of rotatable bonds is 4. The van der Waals surface area contributed by atoms with Crippen molar-refractivity contribution in [1.82, 2.24) is 15.0 Å². The minimum atomic E-state index is -0.805. The summed E-state index contributed by atoms with van der Waals surface area (Å²) < 4.78 is 14.7. The first-order valence-corrected chi connectivity index (χ1v) is 8.57. The zero-order valence-electron chi connectivity index (χ0n) is 15.0. The molecule has 4 rings (SSSR count). The van der Waals surface area contributed by atoms with Crippen molar-refractivity contribution in [3.05, 3.63) is 72.3 Å². The van der Waals surface area contributed by atoms with E-state index in [-0.39, 0.29) is 11.1 Å². The second-order valence-corrected chi connectivity index (χ2v) is 6.15. The van der Waals surface area contributed by atoms with E-state index in [0.29, 0.717) is 22.7 Å². The average Bonchev–Trinajstić information content (AvgIpc) is 2.73. The molecular weight excluding hydrogens is 357 g/mol. The standard InChI is InChI=1S/C21H16FN5O/c1-24-21-16-10-12(14-5-2-6-15(18(14)22)19(23)28)7-8-17(16)26-20(27-21)13-4-3-9-25-11-13/h2-11H,1H3,(H2,23,28)(H,24,26,27). The molecule has 0 unspecified atom stereocenters. The summed E-state index contributed by atoms with van der Waals surface area (Å²) >= 11 is 0. The van der Waals surface area contributed by atoms with Gasteiger partial charge in [-0.15, -0.1) is 0 Å². The fourth-order valence-corrected chi connectivity index (χ4v) is 3.06. The Balaban J connectivity index is 1.89. The third kappa shape index (κ3) is 3.03. The highest BCUT2D eigenvalue weighted by Gasteiger charge is 2.15. The van der Waals surface area contributed by atoms with Gasteiger partial charge in [-0.25, -0.2) is 14.4 Å². The van der Waals surface area contributed by atoms with Crippen LogP contribution in [-0.4, -0.2) is 27.9 Å². The number of hydrogen-bond donors (Lipinski definition) is 2. The molecule has 6 nitrogen and oxygen atoms in total. The van der Waals surface area contributed by atoms with E-state index in [1.807, 2.05) is 12.1 Å². The monoisotopic (exact) mass is 373 g/mol. The normalized spacial score (nSPS) is 10.8. The van der Waals surface area contributed by atoms with Crippen molar-refractivity contribution < 1.29 is 9.18 Å². The van der Waals surface area contributed by atoms with Gasteiger partial charge < -0.3 is 11.1 Å². The summed E-state index contributed by atoms with van der Waals surface area (Å²) in [7, 11) is 1.76. The minimum absolute atomic E-state index is 0.144. The van der Waals surface area contributed by atoms with Crippen LogP contribution in [0.3, 0.4) is 0 Å². The van der Waals surface area contributed by atoms with Crippen LogP contribution in [0.1, 0.15) is 10.4 Å². The third-order valence-corrected chi connectivity index (χ3v) is 4.43. The zero-order valence-corrected chi connectivity index (χ0v) is 15.0. The van der Waals surface area contributed by atoms with Crippen LogP contribution in [-0.2, 0) is 0 Å². The molecule has 4 aromatic rings. The van der Waals surface area contributed by atoms with Crippen molar-refractivity contribution in [1.29, 1.82) is 0 Å². The van der Waals surface area contributed by atoms with Crippen molar-refractivity contribution in [2.24, 2.45) is 5.73 Å². The molecule has 7 heteroatoms. The van der Waals surface area contributed by atoms with Gasteiger partial charge in [0.2, 0.25) is 0 Å². The molecule has 138 valence electrons. The molecule has 2 heterocycles. The number of halogens is 1. The first-order chi connectivity index (χ1) is 13.6. The predicted molar refractivity (Wildman–Crippen MR) is 106 cm³/mol. The molecule has 0 atom stereocenters. The number of aromatic nitrogens is 3. The fourth-order valence-electron chi connectivity index (χ4n) is 3.06. The largest absolute Gasteiger partial charge is 0.373 e. The van der Waals surface area contributed by atoms with Gasteiger partial charge in [-0.05, 0) is 35.9 Å². The highest BCUT2D eigenvalue weighted by Crippen LogP contribution is 2.31. The molecule has 2 aromatic carbocycles. The van der Waals surface area contributed by atoms with Gasteiger partial charge in [-0.2, -0.15) is 0 Å². The van der Waals surface area contributed by atoms with Gasteiger partial charge in [0.1, 0.15) is 11.6 Å². The molecule has 2 aromatic heterocycles. The summed E-state index contributed by atoms with van der Waals surface area (Å²) in [6.07, 6.45) is 3.38. The number of carbonyl (C=O) groups excluding carboxylic acids is 1. The molecule has 0 bridgehead atoms. The van der Waals surface area contributed by atoms with Gasteiger partial charge in [0.25, 0.3) is 5.91 Å². The number of carbonyl (C=O) groups is 1. The highest BCUT2D eigenvalue weighted by atomic mass is 19.1. The maximum atomic E-state index is 14.7. The SMILES string of the molecule is CNc1nc(-c2cccnc2)nc2ccc(-c3cccc(C(N)=O)c3F)cc12. The molecule has 3 N–H and O–H groups in total. The number of amides is 1. The number of nitrogens with two attached hydrogens (primary N) is 1. The van der Waals surface area contributed by atoms with Gasteiger partial charge >= 0.3 is 0 Å². The van der Waals surface area contributed by atoms with Crippen molar-refractivity contribution in [3.8, 4) is 22.5 Å². The van der Waals surface area contributed by atoms with Gasteiger partial charge in [0.05, 0.1) is 11.1 Å². The van der Waals surface area contributed by atoms with E-state index in [1.165, 1.54) is 6.07 Å². The van der Waals surface area contributed by atoms with Crippen LogP contribution >= 0.6 is 0 Å². The number of hydrogen-bond acceptors (Lipinski definition) is 5. The Labute approximate surface area is 160 Å². The topological polar surface area (TPSA) is 93.8 Å². The summed E-state index contributed by atoms with van der Waals surface area (Å²) in [6.45, 7) is 0. The van der Waals surface area contributed by atoms with Crippen molar-refractivity contribution >= 4 is 22.6 Å². The molecule has 0 saturated heterocycles. The zero-order chi connectivity index (χ0) is 19.7. The molecule has 28 heavy (non-hydrogen) atoms. The van der Waals surface area contributed by atoms with Crippen LogP contribution in [0.4, 0.5) is 10.2 Å². The summed E-state index contributed by atoms with van der Waals surface area (Å²) in [5, 5.41) is 3.80. The molecule has 0 radical (unpaired) electrons. The van der Waals surface area contributed by atoms with Gasteiger partial charge in [-0.3, -0.25) is 9.78 Å². The summed E-state index contributed by atoms with van der Waals surface area (Å²) in [6, 6.07) is 13.6. The van der Waals surface area contributed by atoms with Crippen molar-refractivity contribution in [3.63, 3.8) is 0 Å². The predicted octanol–water partition coefficient (Wildman–Crippen LogP) is 3.64. The Bertz CT molecular complexity index is 1190. The minimum Gasteiger partial charge on any atom is -0.373 e. The smallest absolute Gasteiger partial charge is 0.251 e. The fraction of sp³-hybridized carbons (Fsp3) is 0.0476. The lowest BCUT2D eigenvalue weighted by molar-refractivity contribution is 0.0996. The number of pyridine rings is 1. The van der Waals surface area contributed by atoms with E-state index in [1.54, 1.807) is 49.8 Å². The van der Waals surface area contributed by atoms with Gasteiger partial charge in [0, 0.05) is 36.0 Å². The number of fused-ring (bicyclic) bond motifs is 1. The summed E-state index contributed by atoms with van der Waals surface area (Å²) in [5.74, 6) is -0.300. The number of primary amides is 1. The van der Waals surface area contributed by atoms with E-state index in [4.69, 9.17) is 5.73 Å². The third-order valence-electron chi connectivity index (χ3n) is 4.43. The molecule has 1 amide bonds. The Kier molecular flexibility index (Phi) is 4.41. The Morgan fingerprint density at radius 1 is 1.07 bits per heavy atom. The molecule has 0 aliphatic heterocycles. The van der Waals surface area contributed by atoms with Crippen molar-refractivity contribution in [2.75, 3.05) is 12.4 Å². The molecule has 0 aliphatic carbocycles. The number of anilines is 1. The Morgan fingerprint density at radius 3 is 2.64 bits per heavy atom. The highest BCUT2D eigenvalue weighted by molar-refractivity contribution is 5.96. The lowest BCUT2D eigenvalue weighted by Gasteiger charge is -2.11. The van der Waals surface area contributed by atoms with Crippen LogP contribution in [0.2, 0.25) is 0 Å². The van der Waals surface area contributed by atoms with E-state index in [0.717, 1.165) is 10.9 Å². The Hall–Kier alpha value is -3.87. The van der Waals surface area contributed by atoms with Gasteiger partial charge in [0.15, 0.2) is 5.82 Å². The van der Waals surface area contributed by atoms with E-state index < -0.39 is 11.7 Å². The summed E-state index contributed by atoms with van der Waals surface area (Å²) in [4.78, 5) is 24.7. The molecule has 0 spiro atoms. The van der Waals surface area contributed by atoms with Crippen LogP contribution in [0, 0.1) is 5.82 Å². The second-order valence-electron chi connectivity index (χ2n) is 6.15. The van der Waals surface area contributed by atoms with E-state index >= 15 is 0 Å². The summed E-state index contributed by atoms with van der Waals surface area (Å²) in [5.41, 5.74) is 7.50. The quantitative estimate of drug-likeness (QED) is 0.570. The maximum Gasteiger partial charge on any atom is 0.251 e. The molecular formula is C21H16FN5O. The Morgan fingerprint density at radius 2 is 1.93 bits per heavy atom. The van der Waals surface area contributed by atoms with E-state index in [9.17, 15) is 9.18 Å². The van der Waals surface area contributed by atoms with E-state index in [2.05, 4.69) is 20.3 Å².